The van der Waals surface area contributed by atoms with Gasteiger partial charge in [0.05, 0.1) is 10.5 Å². The highest BCUT2D eigenvalue weighted by Gasteiger charge is 2.29. The van der Waals surface area contributed by atoms with Crippen LogP contribution in [0.3, 0.4) is 0 Å². The van der Waals surface area contributed by atoms with Gasteiger partial charge in [-0.2, -0.15) is 0 Å². The third kappa shape index (κ3) is 1.25. The topological polar surface area (TPSA) is 34.1 Å². The number of carbonyl (C=O) groups excluding carboxylic acids is 1. The summed E-state index contributed by atoms with van der Waals surface area (Å²) in [4.78, 5) is 12.3. The zero-order valence-electron chi connectivity index (χ0n) is 7.60. The van der Waals surface area contributed by atoms with Crippen LogP contribution in [-0.2, 0) is 9.83 Å². The van der Waals surface area contributed by atoms with Crippen molar-refractivity contribution in [1.29, 1.82) is 0 Å². The zero-order valence-corrected chi connectivity index (χ0v) is 9.23. The molecule has 2 nitrogen and oxygen atoms in total. The molecule has 0 aliphatic carbocycles. The molecule has 3 rings (SSSR count). The standard InChI is InChI=1S/C11H6O2S2/c12-11-10-8-4-2-1-3-7(8)5-6-9(10)15(13)14-11/h1-6H. The quantitative estimate of drug-likeness (QED) is 0.657. The summed E-state index contributed by atoms with van der Waals surface area (Å²) in [5.41, 5.74) is 0.622. The number of hydrogen-bond donors (Lipinski definition) is 0. The molecule has 0 saturated heterocycles. The Morgan fingerprint density at radius 1 is 1.07 bits per heavy atom. The van der Waals surface area contributed by atoms with E-state index in [9.17, 15) is 9.00 Å². The monoisotopic (exact) mass is 234 g/mol. The Labute approximate surface area is 92.5 Å². The van der Waals surface area contributed by atoms with Gasteiger partial charge in [0.1, 0.15) is 9.83 Å². The van der Waals surface area contributed by atoms with Crippen LogP contribution in [0, 0.1) is 0 Å². The molecule has 0 saturated carbocycles. The van der Waals surface area contributed by atoms with Crippen LogP contribution in [0.2, 0.25) is 0 Å². The zero-order chi connectivity index (χ0) is 10.4. The Kier molecular flexibility index (Phi) is 1.94. The molecule has 0 N–H and O–H groups in total. The molecule has 0 fully saturated rings. The van der Waals surface area contributed by atoms with E-state index < -0.39 is 9.83 Å². The first kappa shape index (κ1) is 9.12. The van der Waals surface area contributed by atoms with E-state index in [4.69, 9.17) is 0 Å². The highest BCUT2D eigenvalue weighted by Crippen LogP contribution is 2.38. The predicted molar refractivity (Wildman–Crippen MR) is 62.3 cm³/mol. The van der Waals surface area contributed by atoms with Gasteiger partial charge in [-0.3, -0.25) is 4.79 Å². The van der Waals surface area contributed by atoms with Crippen molar-refractivity contribution in [3.8, 4) is 0 Å². The number of carbonyl (C=O) groups is 1. The van der Waals surface area contributed by atoms with Crippen LogP contribution in [0.1, 0.15) is 10.4 Å². The molecular formula is C11H6O2S2. The molecule has 0 amide bonds. The fourth-order valence-electron chi connectivity index (χ4n) is 1.76. The summed E-state index contributed by atoms with van der Waals surface area (Å²) in [6, 6.07) is 11.4. The molecule has 0 radical (unpaired) electrons. The van der Waals surface area contributed by atoms with Crippen molar-refractivity contribution in [1.82, 2.24) is 0 Å². The number of fused-ring (bicyclic) bond motifs is 3. The molecular weight excluding hydrogens is 228 g/mol. The van der Waals surface area contributed by atoms with Crippen LogP contribution in [0.25, 0.3) is 10.8 Å². The molecule has 0 bridgehead atoms. The lowest BCUT2D eigenvalue weighted by Crippen LogP contribution is -1.90. The van der Waals surface area contributed by atoms with Gasteiger partial charge >= 0.3 is 0 Å². The summed E-state index contributed by atoms with van der Waals surface area (Å²) in [6.07, 6.45) is 0. The molecule has 1 unspecified atom stereocenters. The van der Waals surface area contributed by atoms with Crippen LogP contribution in [0.4, 0.5) is 0 Å². The van der Waals surface area contributed by atoms with E-state index >= 15 is 0 Å². The number of hydrogen-bond acceptors (Lipinski definition) is 3. The van der Waals surface area contributed by atoms with Gasteiger partial charge in [-0.25, -0.2) is 4.21 Å². The van der Waals surface area contributed by atoms with E-state index in [0.29, 0.717) is 10.5 Å². The van der Waals surface area contributed by atoms with Crippen LogP contribution < -0.4 is 0 Å². The van der Waals surface area contributed by atoms with Crippen molar-refractivity contribution in [3.63, 3.8) is 0 Å². The molecule has 15 heavy (non-hydrogen) atoms. The van der Waals surface area contributed by atoms with Crippen LogP contribution in [0.5, 0.6) is 0 Å². The van der Waals surface area contributed by atoms with Gasteiger partial charge < -0.3 is 0 Å². The third-order valence-electron chi connectivity index (χ3n) is 2.43. The minimum atomic E-state index is -1.22. The maximum atomic E-state index is 11.7. The first-order chi connectivity index (χ1) is 7.27. The van der Waals surface area contributed by atoms with Gasteiger partial charge in [-0.05, 0) is 16.8 Å². The van der Waals surface area contributed by atoms with Gasteiger partial charge in [-0.15, -0.1) is 0 Å². The predicted octanol–water partition coefficient (Wildman–Crippen LogP) is 2.75. The van der Waals surface area contributed by atoms with Gasteiger partial charge in [0, 0.05) is 10.8 Å². The summed E-state index contributed by atoms with van der Waals surface area (Å²) in [7, 11) is -0.319. The highest BCUT2D eigenvalue weighted by molar-refractivity contribution is 8.76. The van der Waals surface area contributed by atoms with Crippen molar-refractivity contribution in [2.24, 2.45) is 0 Å². The second kappa shape index (κ2) is 3.18. The van der Waals surface area contributed by atoms with Crippen molar-refractivity contribution in [2.75, 3.05) is 0 Å². The van der Waals surface area contributed by atoms with Crippen LogP contribution in [0.15, 0.2) is 41.3 Å². The number of rotatable bonds is 0. The van der Waals surface area contributed by atoms with Crippen LogP contribution >= 0.6 is 10.8 Å². The lowest BCUT2D eigenvalue weighted by molar-refractivity contribution is 0.109. The largest absolute Gasteiger partial charge is 0.280 e. The molecule has 2 aromatic carbocycles. The SMILES string of the molecule is O=C1SS(=O)c2ccc3ccccc3c21. The highest BCUT2D eigenvalue weighted by atomic mass is 33.1. The van der Waals surface area contributed by atoms with Crippen molar-refractivity contribution in [3.05, 3.63) is 42.0 Å². The Balaban J connectivity index is 2.49. The normalized spacial score (nSPS) is 19.5. The molecule has 1 aliphatic heterocycles. The molecule has 2 aromatic rings. The van der Waals surface area contributed by atoms with Gasteiger partial charge in [-0.1, -0.05) is 30.3 Å². The molecule has 1 heterocycles. The summed E-state index contributed by atoms with van der Waals surface area (Å²) in [5, 5.41) is 1.84. The summed E-state index contributed by atoms with van der Waals surface area (Å²) in [5.74, 6) is 0. The summed E-state index contributed by atoms with van der Waals surface area (Å²) >= 11 is 0. The minimum absolute atomic E-state index is 0.0832. The van der Waals surface area contributed by atoms with Crippen molar-refractivity contribution < 1.29 is 9.00 Å². The molecule has 0 aromatic heterocycles. The van der Waals surface area contributed by atoms with E-state index in [1.54, 1.807) is 6.07 Å². The second-order valence-electron chi connectivity index (χ2n) is 3.27. The maximum Gasteiger partial charge on any atom is 0.234 e. The smallest absolute Gasteiger partial charge is 0.234 e. The Hall–Kier alpha value is -1.13. The van der Waals surface area contributed by atoms with Gasteiger partial charge in [0.25, 0.3) is 0 Å². The lowest BCUT2D eigenvalue weighted by Gasteiger charge is -2.01. The Morgan fingerprint density at radius 2 is 1.87 bits per heavy atom. The number of benzene rings is 2. The van der Waals surface area contributed by atoms with Gasteiger partial charge in [0.2, 0.25) is 5.12 Å². The first-order valence-electron chi connectivity index (χ1n) is 4.43. The molecule has 74 valence electrons. The van der Waals surface area contributed by atoms with E-state index in [0.717, 1.165) is 21.6 Å². The molecule has 1 aliphatic rings. The molecule has 1 atom stereocenters. The first-order valence-corrected chi connectivity index (χ1v) is 6.92. The van der Waals surface area contributed by atoms with E-state index in [-0.39, 0.29) is 5.12 Å². The van der Waals surface area contributed by atoms with E-state index in [2.05, 4.69) is 0 Å². The van der Waals surface area contributed by atoms with Crippen molar-refractivity contribution >= 4 is 36.5 Å². The average Bonchev–Trinajstić information content (AvgIpc) is 2.55. The fraction of sp³-hybridized carbons (Fsp3) is 0. The summed E-state index contributed by atoms with van der Waals surface area (Å²) in [6.45, 7) is 0. The third-order valence-corrected chi connectivity index (χ3v) is 5.08. The Bertz CT molecular complexity index is 605. The minimum Gasteiger partial charge on any atom is -0.280 e. The molecule has 0 spiro atoms. The Morgan fingerprint density at radius 3 is 2.73 bits per heavy atom. The second-order valence-corrected chi connectivity index (χ2v) is 6.12. The lowest BCUT2D eigenvalue weighted by atomic mass is 10.1. The van der Waals surface area contributed by atoms with E-state index in [1.165, 1.54) is 0 Å². The van der Waals surface area contributed by atoms with Crippen molar-refractivity contribution in [2.45, 2.75) is 4.90 Å². The van der Waals surface area contributed by atoms with Gasteiger partial charge in [0.15, 0.2) is 0 Å². The molecule has 4 heteroatoms. The fourth-order valence-corrected chi connectivity index (χ4v) is 4.25. The average molecular weight is 234 g/mol. The summed E-state index contributed by atoms with van der Waals surface area (Å²) < 4.78 is 11.6. The van der Waals surface area contributed by atoms with Crippen LogP contribution in [-0.4, -0.2) is 9.32 Å². The maximum absolute atomic E-state index is 11.7. The van der Waals surface area contributed by atoms with E-state index in [1.807, 2.05) is 30.3 Å².